The van der Waals surface area contributed by atoms with Crippen molar-refractivity contribution in [1.82, 2.24) is 10.2 Å². The second kappa shape index (κ2) is 5.18. The van der Waals surface area contributed by atoms with Crippen LogP contribution in [0.5, 0.6) is 0 Å². The van der Waals surface area contributed by atoms with Crippen LogP contribution in [0.2, 0.25) is 0 Å². The molecular formula is C10H20N2. The molecule has 0 unspecified atom stereocenters. The molecule has 0 saturated carbocycles. The van der Waals surface area contributed by atoms with Crippen molar-refractivity contribution in [3.63, 3.8) is 0 Å². The first-order chi connectivity index (χ1) is 5.48. The van der Waals surface area contributed by atoms with Crippen molar-refractivity contribution in [2.75, 3.05) is 33.7 Å². The van der Waals surface area contributed by atoms with Gasteiger partial charge in [0.05, 0.1) is 6.54 Å². The molecule has 0 bridgehead atoms. The van der Waals surface area contributed by atoms with E-state index in [0.29, 0.717) is 12.0 Å². The molecule has 0 fully saturated rings. The second-order valence-corrected chi connectivity index (χ2v) is 4.21. The summed E-state index contributed by atoms with van der Waals surface area (Å²) in [4.78, 5) is 2.19. The molecule has 0 aliphatic carbocycles. The third-order valence-electron chi connectivity index (χ3n) is 1.57. The van der Waals surface area contributed by atoms with Crippen LogP contribution in [0, 0.1) is 17.8 Å². The summed E-state index contributed by atoms with van der Waals surface area (Å²) in [6.07, 6.45) is 5.14. The second-order valence-electron chi connectivity index (χ2n) is 4.21. The quantitative estimate of drug-likeness (QED) is 0.482. The fraction of sp³-hybridized carbons (Fsp3) is 0.800. The van der Waals surface area contributed by atoms with E-state index in [1.807, 2.05) is 0 Å². The smallest absolute Gasteiger partial charge is 0.0574 e. The van der Waals surface area contributed by atoms with Crippen LogP contribution in [-0.2, 0) is 0 Å². The lowest BCUT2D eigenvalue weighted by Gasteiger charge is -2.28. The lowest BCUT2D eigenvalue weighted by Crippen LogP contribution is -2.37. The van der Waals surface area contributed by atoms with E-state index >= 15 is 0 Å². The maximum atomic E-state index is 5.14. The molecule has 0 rings (SSSR count). The molecule has 0 aromatic carbocycles. The summed E-state index contributed by atoms with van der Waals surface area (Å²) < 4.78 is 0. The van der Waals surface area contributed by atoms with Gasteiger partial charge in [-0.25, -0.2) is 0 Å². The van der Waals surface area contributed by atoms with Gasteiger partial charge in [0.2, 0.25) is 0 Å². The molecule has 0 atom stereocenters. The van der Waals surface area contributed by atoms with Crippen LogP contribution in [0.25, 0.3) is 0 Å². The number of nitrogens with zero attached hydrogens (tertiary/aromatic N) is 1. The first-order valence-electron chi connectivity index (χ1n) is 4.27. The number of rotatable bonds is 5. The van der Waals surface area contributed by atoms with Gasteiger partial charge >= 0.3 is 0 Å². The van der Waals surface area contributed by atoms with Gasteiger partial charge in [-0.1, -0.05) is 19.8 Å². The number of hydrogen-bond acceptors (Lipinski definition) is 2. The Bertz CT molecular complexity index is 154. The Labute approximate surface area is 76.3 Å². The van der Waals surface area contributed by atoms with Crippen LogP contribution in [0.3, 0.4) is 0 Å². The van der Waals surface area contributed by atoms with E-state index in [1.165, 1.54) is 0 Å². The fourth-order valence-electron chi connectivity index (χ4n) is 1.39. The van der Waals surface area contributed by atoms with Gasteiger partial charge in [0.15, 0.2) is 0 Å². The lowest BCUT2D eigenvalue weighted by molar-refractivity contribution is 0.235. The van der Waals surface area contributed by atoms with Gasteiger partial charge < -0.3 is 10.2 Å². The zero-order valence-corrected chi connectivity index (χ0v) is 8.65. The Balaban J connectivity index is 3.65. The van der Waals surface area contributed by atoms with E-state index in [1.54, 1.807) is 0 Å². The van der Waals surface area contributed by atoms with E-state index in [0.717, 1.165) is 13.1 Å². The molecule has 0 aliphatic heterocycles. The predicted molar refractivity (Wildman–Crippen MR) is 54.0 cm³/mol. The minimum Gasteiger partial charge on any atom is -0.309 e. The monoisotopic (exact) mass is 168 g/mol. The van der Waals surface area contributed by atoms with Crippen LogP contribution in [-0.4, -0.2) is 38.6 Å². The summed E-state index contributed by atoms with van der Waals surface area (Å²) in [6, 6.07) is 0. The molecule has 0 radical (unpaired) electrons. The van der Waals surface area contributed by atoms with Crippen molar-refractivity contribution >= 4 is 0 Å². The van der Waals surface area contributed by atoms with E-state index in [-0.39, 0.29) is 0 Å². The Kier molecular flexibility index (Phi) is 4.96. The maximum Gasteiger partial charge on any atom is 0.0574 e. The van der Waals surface area contributed by atoms with Gasteiger partial charge in [0.25, 0.3) is 0 Å². The molecule has 0 aromatic rings. The predicted octanol–water partition coefficient (Wildman–Crippen LogP) is 0.797. The molecule has 0 heterocycles. The molecular weight excluding hydrogens is 148 g/mol. The highest BCUT2D eigenvalue weighted by molar-refractivity contribution is 4.87. The summed E-state index contributed by atoms with van der Waals surface area (Å²) in [6.45, 7) is 7.17. The zero-order valence-electron chi connectivity index (χ0n) is 8.65. The molecule has 0 saturated heterocycles. The highest BCUT2D eigenvalue weighted by Gasteiger charge is 2.17. The first-order valence-corrected chi connectivity index (χ1v) is 4.27. The number of terminal acetylenes is 1. The maximum absolute atomic E-state index is 5.14. The van der Waals surface area contributed by atoms with Crippen molar-refractivity contribution in [3.05, 3.63) is 0 Å². The van der Waals surface area contributed by atoms with Crippen molar-refractivity contribution in [3.8, 4) is 12.3 Å². The normalized spacial score (nSPS) is 11.7. The third-order valence-corrected chi connectivity index (χ3v) is 1.57. The van der Waals surface area contributed by atoms with Crippen LogP contribution >= 0.6 is 0 Å². The Hall–Kier alpha value is -0.520. The minimum atomic E-state index is 0.292. The van der Waals surface area contributed by atoms with Gasteiger partial charge in [-0.2, -0.15) is 0 Å². The standard InChI is InChI=1S/C10H20N2/c1-6-7-11-8-10(2,3)9-12(4)5/h1,11H,7-9H2,2-5H3. The molecule has 70 valence electrons. The van der Waals surface area contributed by atoms with E-state index in [4.69, 9.17) is 6.42 Å². The highest BCUT2D eigenvalue weighted by atomic mass is 15.1. The van der Waals surface area contributed by atoms with Crippen molar-refractivity contribution in [2.45, 2.75) is 13.8 Å². The largest absolute Gasteiger partial charge is 0.309 e. The van der Waals surface area contributed by atoms with Crippen molar-refractivity contribution in [2.24, 2.45) is 5.41 Å². The van der Waals surface area contributed by atoms with Crippen LogP contribution in [0.15, 0.2) is 0 Å². The van der Waals surface area contributed by atoms with Gasteiger partial charge in [-0.3, -0.25) is 0 Å². The summed E-state index contributed by atoms with van der Waals surface area (Å²) in [5, 5.41) is 3.22. The average Bonchev–Trinajstić information content (AvgIpc) is 1.84. The molecule has 0 aromatic heterocycles. The molecule has 1 N–H and O–H groups in total. The van der Waals surface area contributed by atoms with E-state index < -0.39 is 0 Å². The third kappa shape index (κ3) is 6.21. The summed E-state index contributed by atoms with van der Waals surface area (Å²) >= 11 is 0. The Morgan fingerprint density at radius 1 is 1.42 bits per heavy atom. The fourth-order valence-corrected chi connectivity index (χ4v) is 1.39. The van der Waals surface area contributed by atoms with Crippen molar-refractivity contribution < 1.29 is 0 Å². The summed E-state index contributed by atoms with van der Waals surface area (Å²) in [5.41, 5.74) is 0.292. The van der Waals surface area contributed by atoms with Crippen LogP contribution in [0.4, 0.5) is 0 Å². The number of nitrogens with one attached hydrogen (secondary N) is 1. The van der Waals surface area contributed by atoms with Gasteiger partial charge in [-0.05, 0) is 19.5 Å². The molecule has 0 spiro atoms. The Morgan fingerprint density at radius 2 is 2.00 bits per heavy atom. The summed E-state index contributed by atoms with van der Waals surface area (Å²) in [5.74, 6) is 2.57. The number of hydrogen-bond donors (Lipinski definition) is 1. The molecule has 12 heavy (non-hydrogen) atoms. The molecule has 2 heteroatoms. The topological polar surface area (TPSA) is 15.3 Å². The minimum absolute atomic E-state index is 0.292. The van der Waals surface area contributed by atoms with E-state index in [9.17, 15) is 0 Å². The average molecular weight is 168 g/mol. The molecule has 0 aliphatic rings. The molecule has 0 amide bonds. The van der Waals surface area contributed by atoms with Crippen LogP contribution in [0.1, 0.15) is 13.8 Å². The van der Waals surface area contributed by atoms with Crippen LogP contribution < -0.4 is 5.32 Å². The van der Waals surface area contributed by atoms with E-state index in [2.05, 4.69) is 44.1 Å². The van der Waals surface area contributed by atoms with Gasteiger partial charge in [0.1, 0.15) is 0 Å². The highest BCUT2D eigenvalue weighted by Crippen LogP contribution is 2.13. The van der Waals surface area contributed by atoms with Crippen molar-refractivity contribution in [1.29, 1.82) is 0 Å². The van der Waals surface area contributed by atoms with Gasteiger partial charge in [0, 0.05) is 13.1 Å². The lowest BCUT2D eigenvalue weighted by atomic mass is 9.93. The first kappa shape index (κ1) is 11.5. The zero-order chi connectivity index (χ0) is 9.61. The molecule has 2 nitrogen and oxygen atoms in total. The SMILES string of the molecule is C#CCNCC(C)(C)CN(C)C. The Morgan fingerprint density at radius 3 is 2.42 bits per heavy atom. The van der Waals surface area contributed by atoms with Gasteiger partial charge in [-0.15, -0.1) is 6.42 Å². The summed E-state index contributed by atoms with van der Waals surface area (Å²) in [7, 11) is 4.17.